The van der Waals surface area contributed by atoms with Gasteiger partial charge in [-0.3, -0.25) is 0 Å². The van der Waals surface area contributed by atoms with Gasteiger partial charge in [0.05, 0.1) is 11.4 Å². The van der Waals surface area contributed by atoms with E-state index in [2.05, 4.69) is 193 Å². The summed E-state index contributed by atoms with van der Waals surface area (Å²) in [5.41, 5.74) is 10.6. The van der Waals surface area contributed by atoms with Crippen LogP contribution in [0.1, 0.15) is 0 Å². The summed E-state index contributed by atoms with van der Waals surface area (Å²) in [6.45, 7) is 0. The topological polar surface area (TPSA) is 3.24 Å². The minimum Gasteiger partial charge on any atom is -0.309 e. The van der Waals surface area contributed by atoms with Gasteiger partial charge >= 0.3 is 0 Å². The standard InChI is InChI=1S/C46H31NS/c1-2-14-33(15-3-1)39-21-6-9-25-43(39)47(36-19-12-18-34(30-36)38-24-13-17-32-16-4-5-20-37(32)38)44-26-10-7-22-40(44)35-28-29-42-41-23-8-11-27-45(41)48-46(42)31-35/h1-31H. The fraction of sp³-hybridized carbons (Fsp3) is 0. The molecule has 0 spiro atoms. The van der Waals surface area contributed by atoms with E-state index >= 15 is 0 Å². The van der Waals surface area contributed by atoms with Gasteiger partial charge < -0.3 is 4.90 Å². The molecule has 0 saturated heterocycles. The molecule has 0 aliphatic rings. The quantitative estimate of drug-likeness (QED) is 0.177. The van der Waals surface area contributed by atoms with Crippen molar-refractivity contribution in [2.75, 3.05) is 4.90 Å². The van der Waals surface area contributed by atoms with E-state index in [1.807, 2.05) is 11.3 Å². The van der Waals surface area contributed by atoms with Crippen LogP contribution in [0.3, 0.4) is 0 Å². The zero-order chi connectivity index (χ0) is 31.9. The normalized spacial score (nSPS) is 11.3. The third kappa shape index (κ3) is 4.95. The van der Waals surface area contributed by atoms with Crippen molar-refractivity contribution >= 4 is 59.3 Å². The van der Waals surface area contributed by atoms with Crippen LogP contribution in [0.5, 0.6) is 0 Å². The number of thiophene rings is 1. The van der Waals surface area contributed by atoms with E-state index in [1.54, 1.807) is 0 Å². The Morgan fingerprint density at radius 1 is 0.333 bits per heavy atom. The number of para-hydroxylation sites is 2. The highest BCUT2D eigenvalue weighted by Gasteiger charge is 2.21. The van der Waals surface area contributed by atoms with Gasteiger partial charge in [0.2, 0.25) is 0 Å². The van der Waals surface area contributed by atoms with Crippen molar-refractivity contribution in [2.45, 2.75) is 0 Å². The van der Waals surface area contributed by atoms with Crippen molar-refractivity contribution in [3.05, 3.63) is 188 Å². The predicted octanol–water partition coefficient (Wildman–Crippen LogP) is 13.7. The van der Waals surface area contributed by atoms with Crippen molar-refractivity contribution in [3.8, 4) is 33.4 Å². The highest BCUT2D eigenvalue weighted by molar-refractivity contribution is 7.25. The molecule has 0 radical (unpaired) electrons. The third-order valence-electron chi connectivity index (χ3n) is 9.27. The second kappa shape index (κ2) is 12.0. The fourth-order valence-electron chi connectivity index (χ4n) is 7.03. The molecule has 0 bridgehead atoms. The summed E-state index contributed by atoms with van der Waals surface area (Å²) in [5, 5.41) is 5.13. The lowest BCUT2D eigenvalue weighted by molar-refractivity contribution is 1.28. The van der Waals surface area contributed by atoms with Gasteiger partial charge in [-0.15, -0.1) is 11.3 Å². The molecule has 2 heteroatoms. The largest absolute Gasteiger partial charge is 0.309 e. The Balaban J connectivity index is 1.28. The van der Waals surface area contributed by atoms with Crippen molar-refractivity contribution in [3.63, 3.8) is 0 Å². The first-order chi connectivity index (χ1) is 23.8. The van der Waals surface area contributed by atoms with Crippen molar-refractivity contribution < 1.29 is 0 Å². The van der Waals surface area contributed by atoms with Gasteiger partial charge in [0.1, 0.15) is 0 Å². The summed E-state index contributed by atoms with van der Waals surface area (Å²) in [4.78, 5) is 2.45. The minimum atomic E-state index is 1.11. The van der Waals surface area contributed by atoms with Gasteiger partial charge in [0, 0.05) is 37.0 Å². The SMILES string of the molecule is c1ccc(-c2ccccc2N(c2cccc(-c3cccc4ccccc34)c2)c2ccccc2-c2ccc3c(c2)sc2ccccc23)cc1. The molecule has 1 nitrogen and oxygen atoms in total. The summed E-state index contributed by atoms with van der Waals surface area (Å²) < 4.78 is 2.62. The van der Waals surface area contributed by atoms with Crippen LogP contribution in [0.2, 0.25) is 0 Å². The second-order valence-electron chi connectivity index (χ2n) is 12.1. The number of nitrogens with zero attached hydrogens (tertiary/aromatic N) is 1. The minimum absolute atomic E-state index is 1.11. The van der Waals surface area contributed by atoms with Crippen LogP contribution < -0.4 is 4.90 Å². The molecule has 48 heavy (non-hydrogen) atoms. The number of benzene rings is 8. The van der Waals surface area contributed by atoms with Crippen LogP contribution in [-0.4, -0.2) is 0 Å². The van der Waals surface area contributed by atoms with E-state index in [1.165, 1.54) is 64.3 Å². The number of hydrogen-bond donors (Lipinski definition) is 0. The van der Waals surface area contributed by atoms with Gasteiger partial charge in [-0.2, -0.15) is 0 Å². The summed E-state index contributed by atoms with van der Waals surface area (Å²) in [6.07, 6.45) is 0. The lowest BCUT2D eigenvalue weighted by Crippen LogP contribution is -2.12. The Bertz CT molecular complexity index is 2570. The monoisotopic (exact) mass is 629 g/mol. The second-order valence-corrected chi connectivity index (χ2v) is 13.2. The third-order valence-corrected chi connectivity index (χ3v) is 10.4. The molecular formula is C46H31NS. The Labute approximate surface area is 284 Å². The van der Waals surface area contributed by atoms with Crippen molar-refractivity contribution in [2.24, 2.45) is 0 Å². The summed E-state index contributed by atoms with van der Waals surface area (Å²) in [5.74, 6) is 0. The molecule has 0 aliphatic heterocycles. The zero-order valence-corrected chi connectivity index (χ0v) is 27.1. The molecule has 9 aromatic rings. The zero-order valence-electron chi connectivity index (χ0n) is 26.3. The van der Waals surface area contributed by atoms with Crippen LogP contribution >= 0.6 is 11.3 Å². The van der Waals surface area contributed by atoms with Gasteiger partial charge in [0.25, 0.3) is 0 Å². The van der Waals surface area contributed by atoms with E-state index in [0.717, 1.165) is 17.1 Å². The van der Waals surface area contributed by atoms with Crippen LogP contribution in [0.4, 0.5) is 17.1 Å². The molecular weight excluding hydrogens is 599 g/mol. The first kappa shape index (κ1) is 28.3. The molecule has 0 amide bonds. The fourth-order valence-corrected chi connectivity index (χ4v) is 8.18. The molecule has 0 fully saturated rings. The first-order valence-electron chi connectivity index (χ1n) is 16.4. The van der Waals surface area contributed by atoms with Crippen molar-refractivity contribution in [1.29, 1.82) is 0 Å². The molecule has 0 unspecified atom stereocenters. The van der Waals surface area contributed by atoms with Crippen LogP contribution in [0, 0.1) is 0 Å². The summed E-state index contributed by atoms with van der Waals surface area (Å²) in [7, 11) is 0. The van der Waals surface area contributed by atoms with E-state index in [-0.39, 0.29) is 0 Å². The van der Waals surface area contributed by atoms with Crippen LogP contribution in [0.25, 0.3) is 64.3 Å². The molecule has 0 atom stereocenters. The molecule has 0 N–H and O–H groups in total. The van der Waals surface area contributed by atoms with Gasteiger partial charge in [-0.25, -0.2) is 0 Å². The molecule has 8 aromatic carbocycles. The van der Waals surface area contributed by atoms with Crippen LogP contribution in [0.15, 0.2) is 188 Å². The molecule has 226 valence electrons. The van der Waals surface area contributed by atoms with E-state index in [4.69, 9.17) is 0 Å². The predicted molar refractivity (Wildman–Crippen MR) is 208 cm³/mol. The molecule has 0 aliphatic carbocycles. The van der Waals surface area contributed by atoms with Gasteiger partial charge in [-0.05, 0) is 69.4 Å². The highest BCUT2D eigenvalue weighted by atomic mass is 32.1. The lowest BCUT2D eigenvalue weighted by Gasteiger charge is -2.30. The Morgan fingerprint density at radius 3 is 1.73 bits per heavy atom. The average Bonchev–Trinajstić information content (AvgIpc) is 3.54. The number of anilines is 3. The van der Waals surface area contributed by atoms with E-state index in [9.17, 15) is 0 Å². The average molecular weight is 630 g/mol. The maximum atomic E-state index is 2.45. The Kier molecular flexibility index (Phi) is 7.07. The maximum absolute atomic E-state index is 2.45. The van der Waals surface area contributed by atoms with Crippen LogP contribution in [-0.2, 0) is 0 Å². The Hall–Kier alpha value is -5.96. The van der Waals surface area contributed by atoms with Gasteiger partial charge in [0.15, 0.2) is 0 Å². The maximum Gasteiger partial charge on any atom is 0.0540 e. The van der Waals surface area contributed by atoms with Crippen molar-refractivity contribution in [1.82, 2.24) is 0 Å². The highest BCUT2D eigenvalue weighted by Crippen LogP contribution is 2.46. The Morgan fingerprint density at radius 2 is 0.896 bits per heavy atom. The van der Waals surface area contributed by atoms with Gasteiger partial charge in [-0.1, -0.05) is 152 Å². The molecule has 1 aromatic heterocycles. The molecule has 0 saturated carbocycles. The summed E-state index contributed by atoms with van der Waals surface area (Å²) in [6, 6.07) is 68.2. The molecule has 1 heterocycles. The first-order valence-corrected chi connectivity index (χ1v) is 17.2. The number of fused-ring (bicyclic) bond motifs is 4. The number of rotatable bonds is 6. The summed E-state index contributed by atoms with van der Waals surface area (Å²) >= 11 is 1.86. The van der Waals surface area contributed by atoms with E-state index in [0.29, 0.717) is 0 Å². The molecule has 9 rings (SSSR count). The van der Waals surface area contributed by atoms with E-state index < -0.39 is 0 Å². The smallest absolute Gasteiger partial charge is 0.0540 e. The lowest BCUT2D eigenvalue weighted by atomic mass is 9.96. The number of hydrogen-bond acceptors (Lipinski definition) is 2.